The van der Waals surface area contributed by atoms with Crippen molar-refractivity contribution in [1.29, 1.82) is 0 Å². The first kappa shape index (κ1) is 31.1. The Morgan fingerprint density at radius 3 is 2.26 bits per heavy atom. The fraction of sp³-hybridized carbons (Fsp3) is 0.483. The number of carbonyl (C=O) groups is 2. The Morgan fingerprint density at radius 1 is 1.07 bits per heavy atom. The molecular weight excluding hydrogens is 590 g/mol. The van der Waals surface area contributed by atoms with Gasteiger partial charge in [-0.1, -0.05) is 0 Å². The normalized spacial score (nSPS) is 22.5. The van der Waals surface area contributed by atoms with Crippen LogP contribution in [0.2, 0.25) is 0 Å². The van der Waals surface area contributed by atoms with E-state index >= 15 is 0 Å². The predicted octanol–water partition coefficient (Wildman–Crippen LogP) is 3.07. The minimum Gasteiger partial charge on any atom is -0.356 e. The second kappa shape index (κ2) is 11.0. The molecule has 3 N–H and O–H groups in total. The van der Waals surface area contributed by atoms with E-state index in [-0.39, 0.29) is 30.1 Å². The first-order valence-corrected chi connectivity index (χ1v) is 15.1. The number of piperidine rings is 1. The molecule has 2 saturated heterocycles. The van der Waals surface area contributed by atoms with Gasteiger partial charge in [0.05, 0.1) is 16.5 Å². The van der Waals surface area contributed by atoms with Crippen molar-refractivity contribution in [3.05, 3.63) is 64.0 Å². The Hall–Kier alpha value is -3.36. The van der Waals surface area contributed by atoms with E-state index in [0.29, 0.717) is 43.1 Å². The molecule has 2 aromatic rings. The van der Waals surface area contributed by atoms with Crippen molar-refractivity contribution in [1.82, 2.24) is 14.9 Å². The van der Waals surface area contributed by atoms with Crippen LogP contribution in [0.5, 0.6) is 0 Å². The summed E-state index contributed by atoms with van der Waals surface area (Å²) < 4.78 is 68.3. The van der Waals surface area contributed by atoms with Gasteiger partial charge in [-0.15, -0.1) is 0 Å². The number of nitrogens with one attached hydrogen (secondary N) is 2. The van der Waals surface area contributed by atoms with Crippen LogP contribution in [-0.2, 0) is 33.2 Å². The van der Waals surface area contributed by atoms with Crippen LogP contribution in [0.3, 0.4) is 0 Å². The maximum atomic E-state index is 13.7. The van der Waals surface area contributed by atoms with Crippen molar-refractivity contribution >= 4 is 34.3 Å². The number of benzene rings is 2. The summed E-state index contributed by atoms with van der Waals surface area (Å²) in [4.78, 5) is 31.2. The molecule has 2 atom stereocenters. The number of nitrogens with zero attached hydrogens (tertiary/aromatic N) is 3. The summed E-state index contributed by atoms with van der Waals surface area (Å²) in [7, 11) is -1.36. The predicted molar refractivity (Wildman–Crippen MR) is 153 cm³/mol. The monoisotopic (exact) mass is 623 g/mol. The molecule has 232 valence electrons. The summed E-state index contributed by atoms with van der Waals surface area (Å²) in [6.45, 7) is 7.92. The van der Waals surface area contributed by atoms with E-state index in [2.05, 4.69) is 15.6 Å². The lowest BCUT2D eigenvalue weighted by atomic mass is 9.89. The summed E-state index contributed by atoms with van der Waals surface area (Å²) in [6.07, 6.45) is -5.05. The van der Waals surface area contributed by atoms with Crippen LogP contribution in [0.25, 0.3) is 0 Å². The van der Waals surface area contributed by atoms with Gasteiger partial charge in [0.25, 0.3) is 5.91 Å². The number of amides is 2. The third kappa shape index (κ3) is 5.67. The number of anilines is 1. The Labute approximate surface area is 248 Å². The molecular formula is C29H33F4N5O4S. The molecule has 1 spiro atoms. The number of hydrogen-bond donors (Lipinski definition) is 3. The SMILES string of the molecule is Cc1cc(N2C(O)NC(=O)C2(C)C)cc(C)c1CCS(=O)N1CCC2(CC1)N=C(c1ccc(F)c(C(F)(F)F)c1)NC2=O. The zero-order chi connectivity index (χ0) is 31.5. The minimum absolute atomic E-state index is 0.0348. The van der Waals surface area contributed by atoms with Gasteiger partial charge in [-0.3, -0.25) is 14.6 Å². The van der Waals surface area contributed by atoms with Gasteiger partial charge in [-0.25, -0.2) is 12.9 Å². The first-order valence-electron chi connectivity index (χ1n) is 13.8. The fourth-order valence-electron chi connectivity index (χ4n) is 6.00. The van der Waals surface area contributed by atoms with E-state index in [1.54, 1.807) is 23.1 Å². The average Bonchev–Trinajstić information content (AvgIpc) is 3.33. The summed E-state index contributed by atoms with van der Waals surface area (Å²) in [5.74, 6) is -1.83. The highest BCUT2D eigenvalue weighted by molar-refractivity contribution is 7.82. The van der Waals surface area contributed by atoms with Crippen LogP contribution in [0.1, 0.15) is 54.5 Å². The second-order valence-electron chi connectivity index (χ2n) is 11.7. The lowest BCUT2D eigenvalue weighted by Gasteiger charge is -2.34. The summed E-state index contributed by atoms with van der Waals surface area (Å²) in [5.41, 5.74) is -0.00277. The quantitative estimate of drug-likeness (QED) is 0.428. The van der Waals surface area contributed by atoms with Crippen molar-refractivity contribution in [3.63, 3.8) is 0 Å². The molecule has 2 aromatic carbocycles. The van der Waals surface area contributed by atoms with Gasteiger partial charge < -0.3 is 20.6 Å². The number of aryl methyl sites for hydroxylation is 2. The van der Waals surface area contributed by atoms with Crippen LogP contribution in [0, 0.1) is 19.7 Å². The van der Waals surface area contributed by atoms with E-state index in [9.17, 15) is 36.5 Å². The lowest BCUT2D eigenvalue weighted by molar-refractivity contribution is -0.140. The van der Waals surface area contributed by atoms with E-state index in [0.717, 1.165) is 22.8 Å². The molecule has 3 heterocycles. The summed E-state index contributed by atoms with van der Waals surface area (Å²) in [6, 6.07) is 6.28. The molecule has 14 heteroatoms. The molecule has 2 fully saturated rings. The van der Waals surface area contributed by atoms with Crippen LogP contribution in [-0.4, -0.2) is 67.5 Å². The molecule has 0 aliphatic carbocycles. The maximum Gasteiger partial charge on any atom is 0.419 e. The molecule has 0 radical (unpaired) electrons. The highest BCUT2D eigenvalue weighted by Crippen LogP contribution is 2.36. The van der Waals surface area contributed by atoms with Crippen molar-refractivity contribution < 1.29 is 36.5 Å². The Kier molecular flexibility index (Phi) is 7.93. The van der Waals surface area contributed by atoms with Gasteiger partial charge in [0, 0.05) is 30.1 Å². The Morgan fingerprint density at radius 2 is 1.70 bits per heavy atom. The van der Waals surface area contributed by atoms with E-state index < -0.39 is 51.9 Å². The van der Waals surface area contributed by atoms with Crippen molar-refractivity contribution in [2.75, 3.05) is 23.7 Å². The van der Waals surface area contributed by atoms with Gasteiger partial charge in [-0.05, 0) is 94.0 Å². The number of hydrogen-bond acceptors (Lipinski definition) is 6. The largest absolute Gasteiger partial charge is 0.419 e. The molecule has 3 aliphatic heterocycles. The Bertz CT molecular complexity index is 1510. The maximum absolute atomic E-state index is 13.7. The van der Waals surface area contributed by atoms with E-state index in [4.69, 9.17) is 0 Å². The second-order valence-corrected chi connectivity index (χ2v) is 13.2. The number of aliphatic imine (C=N–C) groups is 1. The molecule has 0 bridgehead atoms. The zero-order valence-corrected chi connectivity index (χ0v) is 25.0. The number of aliphatic hydroxyl groups excluding tert-OH is 1. The third-order valence-corrected chi connectivity index (χ3v) is 10.0. The zero-order valence-electron chi connectivity index (χ0n) is 24.1. The number of aliphatic hydroxyl groups is 1. The summed E-state index contributed by atoms with van der Waals surface area (Å²) in [5, 5.41) is 15.5. The molecule has 3 aliphatic rings. The van der Waals surface area contributed by atoms with Gasteiger partial charge in [0.15, 0.2) is 0 Å². The third-order valence-electron chi connectivity index (χ3n) is 8.51. The van der Waals surface area contributed by atoms with Crippen molar-refractivity contribution in [2.24, 2.45) is 4.99 Å². The Balaban J connectivity index is 1.23. The fourth-order valence-corrected chi connectivity index (χ4v) is 7.23. The molecule has 2 unspecified atom stereocenters. The number of carbonyl (C=O) groups excluding carboxylic acids is 2. The smallest absolute Gasteiger partial charge is 0.356 e. The van der Waals surface area contributed by atoms with Gasteiger partial charge >= 0.3 is 6.18 Å². The van der Waals surface area contributed by atoms with E-state index in [1.807, 2.05) is 26.0 Å². The van der Waals surface area contributed by atoms with Crippen LogP contribution in [0.15, 0.2) is 35.3 Å². The van der Waals surface area contributed by atoms with Crippen molar-refractivity contribution in [2.45, 2.75) is 70.6 Å². The molecule has 0 aromatic heterocycles. The topological polar surface area (TPSA) is 114 Å². The van der Waals surface area contributed by atoms with Gasteiger partial charge in [-0.2, -0.15) is 13.2 Å². The van der Waals surface area contributed by atoms with Crippen LogP contribution < -0.4 is 15.5 Å². The minimum atomic E-state index is -4.89. The van der Waals surface area contributed by atoms with Gasteiger partial charge in [0.2, 0.25) is 12.3 Å². The van der Waals surface area contributed by atoms with Gasteiger partial charge in [0.1, 0.15) is 22.7 Å². The number of amidine groups is 1. The first-order chi connectivity index (χ1) is 20.0. The highest BCUT2D eigenvalue weighted by atomic mass is 32.2. The highest BCUT2D eigenvalue weighted by Gasteiger charge is 2.48. The molecule has 43 heavy (non-hydrogen) atoms. The molecule has 5 rings (SSSR count). The van der Waals surface area contributed by atoms with Crippen molar-refractivity contribution in [3.8, 4) is 0 Å². The summed E-state index contributed by atoms with van der Waals surface area (Å²) >= 11 is 0. The van der Waals surface area contributed by atoms with Crippen LogP contribution >= 0.6 is 0 Å². The molecule has 0 saturated carbocycles. The standard InChI is InChI=1S/C29H33F4N5O4S/c1-16-13-19(38-26(41)35-24(39)27(38,3)4)14-17(2)20(16)7-12-43(42)37-10-8-28(9-11-37)25(40)34-23(36-28)18-5-6-22(30)21(15-18)29(31,32)33/h5-6,13-15,26,41H,7-12H2,1-4H3,(H,35,39)(H,34,36,40). The molecule has 2 amide bonds. The number of rotatable bonds is 6. The van der Waals surface area contributed by atoms with Crippen LogP contribution in [0.4, 0.5) is 23.2 Å². The number of halogens is 4. The van der Waals surface area contributed by atoms with E-state index in [1.165, 1.54) is 0 Å². The number of alkyl halides is 3. The average molecular weight is 624 g/mol. The lowest BCUT2D eigenvalue weighted by Crippen LogP contribution is -2.49. The molecule has 9 nitrogen and oxygen atoms in total.